The molecule has 4 heteroatoms. The Morgan fingerprint density at radius 3 is 2.69 bits per heavy atom. The van der Waals surface area contributed by atoms with Gasteiger partial charge in [-0.2, -0.15) is 0 Å². The van der Waals surface area contributed by atoms with Gasteiger partial charge in [-0.3, -0.25) is 4.79 Å². The third-order valence-electron chi connectivity index (χ3n) is 3.15. The Bertz CT molecular complexity index is 227. The zero-order chi connectivity index (χ0) is 12.1. The normalized spacial score (nSPS) is 27.2. The number of cyclic esters (lactones) is 1. The van der Waals surface area contributed by atoms with Crippen LogP contribution < -0.4 is 0 Å². The molecule has 0 spiro atoms. The predicted molar refractivity (Wildman–Crippen MR) is 59.7 cm³/mol. The minimum Gasteiger partial charge on any atom is -0.465 e. The smallest absolute Gasteiger partial charge is 0.312 e. The number of aliphatic hydroxyl groups is 2. The summed E-state index contributed by atoms with van der Waals surface area (Å²) >= 11 is 0. The molecule has 1 heterocycles. The van der Waals surface area contributed by atoms with Crippen LogP contribution in [0.25, 0.3) is 0 Å². The third kappa shape index (κ3) is 3.46. The summed E-state index contributed by atoms with van der Waals surface area (Å²) in [5.41, 5.74) is 0. The Labute approximate surface area is 96.6 Å². The minimum atomic E-state index is -0.675. The van der Waals surface area contributed by atoms with Gasteiger partial charge in [-0.25, -0.2) is 0 Å². The molecule has 0 aromatic rings. The Kier molecular flexibility index (Phi) is 5.22. The number of esters is 1. The first-order valence-electron chi connectivity index (χ1n) is 6.01. The number of rotatable bonds is 6. The lowest BCUT2D eigenvalue weighted by atomic mass is 9.87. The van der Waals surface area contributed by atoms with Crippen LogP contribution in [-0.2, 0) is 9.53 Å². The standard InChI is InChI=1S/C12H22O4/c1-8(2)4-3-5-10(14)11-9(6-13)7-16-12(11)15/h8-11,13-14H,3-7H2,1-2H3/t9-,10?,11-/m1/s1. The zero-order valence-corrected chi connectivity index (χ0v) is 10.1. The van der Waals surface area contributed by atoms with Crippen LogP contribution in [0.4, 0.5) is 0 Å². The van der Waals surface area contributed by atoms with Crippen LogP contribution in [0.2, 0.25) is 0 Å². The van der Waals surface area contributed by atoms with E-state index >= 15 is 0 Å². The average Bonchev–Trinajstić information content (AvgIpc) is 2.58. The highest BCUT2D eigenvalue weighted by Gasteiger charge is 2.41. The molecule has 0 aromatic heterocycles. The maximum absolute atomic E-state index is 11.4. The molecule has 0 aromatic carbocycles. The summed E-state index contributed by atoms with van der Waals surface area (Å²) in [6.45, 7) is 4.40. The van der Waals surface area contributed by atoms with Gasteiger partial charge in [0.1, 0.15) is 0 Å². The van der Waals surface area contributed by atoms with Crippen molar-refractivity contribution < 1.29 is 19.7 Å². The Morgan fingerprint density at radius 1 is 1.44 bits per heavy atom. The molecular weight excluding hydrogens is 208 g/mol. The van der Waals surface area contributed by atoms with Gasteiger partial charge in [0.25, 0.3) is 0 Å². The highest BCUT2D eigenvalue weighted by atomic mass is 16.5. The van der Waals surface area contributed by atoms with Crippen LogP contribution >= 0.6 is 0 Å². The molecular formula is C12H22O4. The quantitative estimate of drug-likeness (QED) is 0.667. The van der Waals surface area contributed by atoms with Crippen molar-refractivity contribution in [3.8, 4) is 0 Å². The van der Waals surface area contributed by atoms with Crippen molar-refractivity contribution in [3.05, 3.63) is 0 Å². The summed E-state index contributed by atoms with van der Waals surface area (Å²) in [6, 6.07) is 0. The number of aliphatic hydroxyl groups excluding tert-OH is 2. The highest BCUT2D eigenvalue weighted by Crippen LogP contribution is 2.27. The molecule has 1 unspecified atom stereocenters. The zero-order valence-electron chi connectivity index (χ0n) is 10.1. The Hall–Kier alpha value is -0.610. The fraction of sp³-hybridized carbons (Fsp3) is 0.917. The van der Waals surface area contributed by atoms with E-state index in [1.165, 1.54) is 0 Å². The summed E-state index contributed by atoms with van der Waals surface area (Å²) < 4.78 is 4.86. The number of carbonyl (C=O) groups is 1. The van der Waals surface area contributed by atoms with E-state index in [1.54, 1.807) is 0 Å². The van der Waals surface area contributed by atoms with Gasteiger partial charge in [-0.05, 0) is 12.3 Å². The average molecular weight is 230 g/mol. The lowest BCUT2D eigenvalue weighted by Gasteiger charge is -2.19. The van der Waals surface area contributed by atoms with Gasteiger partial charge in [0, 0.05) is 5.92 Å². The third-order valence-corrected chi connectivity index (χ3v) is 3.15. The molecule has 0 aliphatic carbocycles. The predicted octanol–water partition coefficient (Wildman–Crippen LogP) is 0.955. The number of hydrogen-bond acceptors (Lipinski definition) is 4. The number of ether oxygens (including phenoxy) is 1. The monoisotopic (exact) mass is 230 g/mol. The Morgan fingerprint density at radius 2 is 2.12 bits per heavy atom. The van der Waals surface area contributed by atoms with E-state index < -0.39 is 12.0 Å². The molecule has 94 valence electrons. The SMILES string of the molecule is CC(C)CCCC(O)[C@@H]1C(=O)OC[C@H]1CO. The maximum Gasteiger partial charge on any atom is 0.312 e. The molecule has 0 amide bonds. The molecule has 3 atom stereocenters. The van der Waals surface area contributed by atoms with Gasteiger partial charge in [0.2, 0.25) is 0 Å². The topological polar surface area (TPSA) is 66.8 Å². The minimum absolute atomic E-state index is 0.0996. The second-order valence-corrected chi connectivity index (χ2v) is 4.99. The molecule has 16 heavy (non-hydrogen) atoms. The lowest BCUT2D eigenvalue weighted by Crippen LogP contribution is -2.31. The van der Waals surface area contributed by atoms with Gasteiger partial charge >= 0.3 is 5.97 Å². The lowest BCUT2D eigenvalue weighted by molar-refractivity contribution is -0.144. The first kappa shape index (κ1) is 13.5. The van der Waals surface area contributed by atoms with E-state index in [4.69, 9.17) is 9.84 Å². The van der Waals surface area contributed by atoms with Crippen molar-refractivity contribution in [2.24, 2.45) is 17.8 Å². The summed E-state index contributed by atoms with van der Waals surface area (Å²) in [6.07, 6.45) is 1.88. The van der Waals surface area contributed by atoms with Crippen LogP contribution in [-0.4, -0.2) is 35.5 Å². The van der Waals surface area contributed by atoms with E-state index in [0.717, 1.165) is 12.8 Å². The molecule has 0 radical (unpaired) electrons. The first-order valence-corrected chi connectivity index (χ1v) is 6.01. The molecule has 1 rings (SSSR count). The van der Waals surface area contributed by atoms with Crippen molar-refractivity contribution in [3.63, 3.8) is 0 Å². The van der Waals surface area contributed by atoms with E-state index in [9.17, 15) is 9.90 Å². The maximum atomic E-state index is 11.4. The molecule has 1 fully saturated rings. The molecule has 0 saturated carbocycles. The van der Waals surface area contributed by atoms with Gasteiger partial charge in [0.15, 0.2) is 0 Å². The first-order chi connectivity index (χ1) is 7.56. The van der Waals surface area contributed by atoms with Gasteiger partial charge in [0.05, 0.1) is 25.2 Å². The van der Waals surface area contributed by atoms with Gasteiger partial charge < -0.3 is 14.9 Å². The fourth-order valence-corrected chi connectivity index (χ4v) is 2.13. The van der Waals surface area contributed by atoms with E-state index in [1.807, 2.05) is 0 Å². The molecule has 1 aliphatic rings. The summed E-state index contributed by atoms with van der Waals surface area (Å²) in [5, 5.41) is 19.0. The second-order valence-electron chi connectivity index (χ2n) is 4.99. The number of carbonyl (C=O) groups excluding carboxylic acids is 1. The fourth-order valence-electron chi connectivity index (χ4n) is 2.13. The van der Waals surface area contributed by atoms with E-state index in [-0.39, 0.29) is 25.1 Å². The molecule has 2 N–H and O–H groups in total. The molecule has 1 saturated heterocycles. The summed E-state index contributed by atoms with van der Waals surface area (Å²) in [7, 11) is 0. The summed E-state index contributed by atoms with van der Waals surface area (Å²) in [5.74, 6) is -0.522. The van der Waals surface area contributed by atoms with Crippen LogP contribution in [0.3, 0.4) is 0 Å². The largest absolute Gasteiger partial charge is 0.465 e. The highest BCUT2D eigenvalue weighted by molar-refractivity contribution is 5.75. The van der Waals surface area contributed by atoms with E-state index in [2.05, 4.69) is 13.8 Å². The molecule has 0 bridgehead atoms. The molecule has 1 aliphatic heterocycles. The molecule has 4 nitrogen and oxygen atoms in total. The van der Waals surface area contributed by atoms with Crippen LogP contribution in [0, 0.1) is 17.8 Å². The second kappa shape index (κ2) is 6.21. The van der Waals surface area contributed by atoms with Crippen LogP contribution in [0.5, 0.6) is 0 Å². The van der Waals surface area contributed by atoms with Gasteiger partial charge in [-0.15, -0.1) is 0 Å². The van der Waals surface area contributed by atoms with Crippen molar-refractivity contribution in [2.45, 2.75) is 39.2 Å². The number of hydrogen-bond donors (Lipinski definition) is 2. The van der Waals surface area contributed by atoms with Crippen LogP contribution in [0.1, 0.15) is 33.1 Å². The van der Waals surface area contributed by atoms with Crippen molar-refractivity contribution in [1.82, 2.24) is 0 Å². The van der Waals surface area contributed by atoms with Gasteiger partial charge in [-0.1, -0.05) is 26.7 Å². The summed E-state index contributed by atoms with van der Waals surface area (Å²) in [4.78, 5) is 11.4. The van der Waals surface area contributed by atoms with E-state index in [0.29, 0.717) is 12.3 Å². The Balaban J connectivity index is 2.39. The van der Waals surface area contributed by atoms with Crippen molar-refractivity contribution >= 4 is 5.97 Å². The van der Waals surface area contributed by atoms with Crippen molar-refractivity contribution in [2.75, 3.05) is 13.2 Å². The van der Waals surface area contributed by atoms with Crippen LogP contribution in [0.15, 0.2) is 0 Å². The van der Waals surface area contributed by atoms with Crippen molar-refractivity contribution in [1.29, 1.82) is 0 Å².